The Hall–Kier alpha value is -3.04. The van der Waals surface area contributed by atoms with Crippen molar-refractivity contribution in [3.05, 3.63) is 71.7 Å². The van der Waals surface area contributed by atoms with Gasteiger partial charge in [0.1, 0.15) is 17.6 Å². The van der Waals surface area contributed by atoms with E-state index in [2.05, 4.69) is 6.58 Å². The van der Waals surface area contributed by atoms with E-state index in [0.29, 0.717) is 30.3 Å². The zero-order valence-corrected chi connectivity index (χ0v) is 15.2. The predicted octanol–water partition coefficient (Wildman–Crippen LogP) is 3.99. The zero-order chi connectivity index (χ0) is 19.0. The van der Waals surface area contributed by atoms with Crippen LogP contribution in [0.15, 0.2) is 71.0 Å². The first-order chi connectivity index (χ1) is 12.5. The van der Waals surface area contributed by atoms with E-state index >= 15 is 0 Å². The maximum absolute atomic E-state index is 12.6. The highest BCUT2D eigenvalue weighted by molar-refractivity contribution is 7.95. The van der Waals surface area contributed by atoms with E-state index in [0.717, 1.165) is 0 Å². The number of sulfone groups is 1. The molecule has 6 heteroatoms. The van der Waals surface area contributed by atoms with Gasteiger partial charge < -0.3 is 9.47 Å². The average Bonchev–Trinajstić information content (AvgIpc) is 2.66. The van der Waals surface area contributed by atoms with Crippen molar-refractivity contribution in [2.75, 3.05) is 13.2 Å². The molecule has 0 fully saturated rings. The van der Waals surface area contributed by atoms with Crippen LogP contribution in [0.25, 0.3) is 6.08 Å². The van der Waals surface area contributed by atoms with Crippen LogP contribution in [0.4, 0.5) is 0 Å². The third-order valence-corrected chi connectivity index (χ3v) is 5.06. The molecular weight excluding hydrogens is 350 g/mol. The smallest absolute Gasteiger partial charge is 0.216 e. The Morgan fingerprint density at radius 1 is 1.15 bits per heavy atom. The minimum atomic E-state index is -3.88. The van der Waals surface area contributed by atoms with Crippen molar-refractivity contribution in [1.82, 2.24) is 0 Å². The standard InChI is InChI=1S/C20H19NO4S/c1-3-12-25-19-11-10-16(14-20(19)24-4-2)13-18(15-21)26(22,23)17-8-6-5-7-9-17/h3,5-11,13-14H,1,4,12H2,2H3. The summed E-state index contributed by atoms with van der Waals surface area (Å²) in [6.07, 6.45) is 2.94. The van der Waals surface area contributed by atoms with Gasteiger partial charge in [0.05, 0.1) is 11.5 Å². The molecule has 0 unspecified atom stereocenters. The molecule has 5 nitrogen and oxygen atoms in total. The van der Waals surface area contributed by atoms with Crippen LogP contribution in [0.2, 0.25) is 0 Å². The second-order valence-electron chi connectivity index (χ2n) is 5.18. The van der Waals surface area contributed by atoms with E-state index < -0.39 is 9.84 Å². The number of nitriles is 1. The molecule has 0 atom stereocenters. The lowest BCUT2D eigenvalue weighted by Gasteiger charge is -2.11. The van der Waals surface area contributed by atoms with Crippen LogP contribution in [0.1, 0.15) is 12.5 Å². The lowest BCUT2D eigenvalue weighted by molar-refractivity contribution is 0.297. The first-order valence-electron chi connectivity index (χ1n) is 7.95. The second-order valence-corrected chi connectivity index (χ2v) is 7.09. The minimum absolute atomic E-state index is 0.0729. The Morgan fingerprint density at radius 3 is 2.50 bits per heavy atom. The highest BCUT2D eigenvalue weighted by atomic mass is 32.2. The van der Waals surface area contributed by atoms with Gasteiger partial charge in [0, 0.05) is 0 Å². The molecule has 0 amide bonds. The lowest BCUT2D eigenvalue weighted by Crippen LogP contribution is -2.03. The molecule has 0 radical (unpaired) electrons. The van der Waals surface area contributed by atoms with Gasteiger partial charge in [-0.3, -0.25) is 0 Å². The van der Waals surface area contributed by atoms with Crippen LogP contribution >= 0.6 is 0 Å². The Kier molecular flexibility index (Phi) is 6.59. The molecule has 2 aromatic carbocycles. The molecule has 0 aliphatic heterocycles. The van der Waals surface area contributed by atoms with E-state index in [-0.39, 0.29) is 9.80 Å². The SMILES string of the molecule is C=CCOc1ccc(C=C(C#N)S(=O)(=O)c2ccccc2)cc1OCC. The van der Waals surface area contributed by atoms with Gasteiger partial charge >= 0.3 is 0 Å². The third kappa shape index (κ3) is 4.52. The molecule has 0 N–H and O–H groups in total. The number of nitrogens with zero attached hydrogens (tertiary/aromatic N) is 1. The molecular formula is C20H19NO4S. The molecule has 0 bridgehead atoms. The van der Waals surface area contributed by atoms with Crippen molar-refractivity contribution in [3.8, 4) is 17.6 Å². The molecule has 0 saturated carbocycles. The van der Waals surface area contributed by atoms with Crippen LogP contribution in [-0.2, 0) is 9.84 Å². The minimum Gasteiger partial charge on any atom is -0.490 e. The second kappa shape index (κ2) is 8.88. The Bertz CT molecular complexity index is 942. The van der Waals surface area contributed by atoms with Crippen molar-refractivity contribution in [2.24, 2.45) is 0 Å². The van der Waals surface area contributed by atoms with Gasteiger partial charge in [-0.25, -0.2) is 8.42 Å². The van der Waals surface area contributed by atoms with E-state index in [1.165, 1.54) is 18.2 Å². The summed E-state index contributed by atoms with van der Waals surface area (Å²) in [4.78, 5) is -0.269. The fourth-order valence-corrected chi connectivity index (χ4v) is 3.38. The summed E-state index contributed by atoms with van der Waals surface area (Å²) in [5.41, 5.74) is 0.524. The highest BCUT2D eigenvalue weighted by Crippen LogP contribution is 2.30. The first kappa shape index (κ1) is 19.3. The first-order valence-corrected chi connectivity index (χ1v) is 9.43. The number of rotatable bonds is 8. The summed E-state index contributed by atoms with van der Waals surface area (Å²) in [6.45, 7) is 6.17. The highest BCUT2D eigenvalue weighted by Gasteiger charge is 2.20. The summed E-state index contributed by atoms with van der Waals surface area (Å²) in [5, 5.41) is 9.36. The maximum atomic E-state index is 12.6. The fourth-order valence-electron chi connectivity index (χ4n) is 2.20. The van der Waals surface area contributed by atoms with Crippen molar-refractivity contribution in [1.29, 1.82) is 5.26 Å². The molecule has 0 saturated heterocycles. The number of benzene rings is 2. The summed E-state index contributed by atoms with van der Waals surface area (Å²) >= 11 is 0. The van der Waals surface area contributed by atoms with Gasteiger partial charge in [-0.05, 0) is 42.8 Å². The zero-order valence-electron chi connectivity index (χ0n) is 14.4. The van der Waals surface area contributed by atoms with Crippen molar-refractivity contribution >= 4 is 15.9 Å². The molecule has 26 heavy (non-hydrogen) atoms. The monoisotopic (exact) mass is 369 g/mol. The molecule has 0 aliphatic rings. The largest absolute Gasteiger partial charge is 0.490 e. The number of ether oxygens (including phenoxy) is 2. The average molecular weight is 369 g/mol. The lowest BCUT2D eigenvalue weighted by atomic mass is 10.2. The Labute approximate surface area is 153 Å². The maximum Gasteiger partial charge on any atom is 0.216 e. The van der Waals surface area contributed by atoms with Crippen molar-refractivity contribution in [3.63, 3.8) is 0 Å². The molecule has 2 aromatic rings. The predicted molar refractivity (Wildman–Crippen MR) is 101 cm³/mol. The van der Waals surface area contributed by atoms with Crippen molar-refractivity contribution < 1.29 is 17.9 Å². The van der Waals surface area contributed by atoms with E-state index in [9.17, 15) is 13.7 Å². The van der Waals surface area contributed by atoms with Crippen molar-refractivity contribution in [2.45, 2.75) is 11.8 Å². The Morgan fingerprint density at radius 2 is 1.88 bits per heavy atom. The van der Waals surface area contributed by atoms with Gasteiger partial charge in [-0.1, -0.05) is 36.9 Å². The van der Waals surface area contributed by atoms with Gasteiger partial charge in [0.15, 0.2) is 11.5 Å². The van der Waals surface area contributed by atoms with Crippen LogP contribution < -0.4 is 9.47 Å². The summed E-state index contributed by atoms with van der Waals surface area (Å²) in [5.74, 6) is 0.992. The topological polar surface area (TPSA) is 76.4 Å². The van der Waals surface area contributed by atoms with E-state index in [4.69, 9.17) is 9.47 Å². The number of allylic oxidation sites excluding steroid dienone is 1. The normalized spacial score (nSPS) is 11.5. The quantitative estimate of drug-likeness (QED) is 0.519. The summed E-state index contributed by atoms with van der Waals surface area (Å²) < 4.78 is 36.3. The van der Waals surface area contributed by atoms with Crippen LogP contribution in [0, 0.1) is 11.3 Å². The van der Waals surface area contributed by atoms with Gasteiger partial charge in [-0.15, -0.1) is 0 Å². The molecule has 0 spiro atoms. The molecule has 2 rings (SSSR count). The molecule has 0 aliphatic carbocycles. The molecule has 0 heterocycles. The molecule has 134 valence electrons. The number of hydrogen-bond donors (Lipinski definition) is 0. The van der Waals surface area contributed by atoms with E-state index in [1.54, 1.807) is 48.5 Å². The van der Waals surface area contributed by atoms with Gasteiger partial charge in [-0.2, -0.15) is 5.26 Å². The Balaban J connectivity index is 2.44. The van der Waals surface area contributed by atoms with Gasteiger partial charge in [0.25, 0.3) is 0 Å². The molecule has 0 aromatic heterocycles. The summed E-state index contributed by atoms with van der Waals surface area (Å²) in [6, 6.07) is 14.6. The van der Waals surface area contributed by atoms with Crippen LogP contribution in [0.3, 0.4) is 0 Å². The number of hydrogen-bond acceptors (Lipinski definition) is 5. The third-order valence-electron chi connectivity index (χ3n) is 3.38. The van der Waals surface area contributed by atoms with Crippen LogP contribution in [0.5, 0.6) is 11.5 Å². The fraction of sp³-hybridized carbons (Fsp3) is 0.150. The van der Waals surface area contributed by atoms with E-state index in [1.807, 2.05) is 6.92 Å². The van der Waals surface area contributed by atoms with Crippen LogP contribution in [-0.4, -0.2) is 21.6 Å². The van der Waals surface area contributed by atoms with Gasteiger partial charge in [0.2, 0.25) is 9.84 Å². The summed E-state index contributed by atoms with van der Waals surface area (Å²) in [7, 11) is -3.88.